The average Bonchev–Trinajstić information content (AvgIpc) is 3.03. The maximum atomic E-state index is 12.5. The van der Waals surface area contributed by atoms with Gasteiger partial charge >= 0.3 is 6.03 Å². The van der Waals surface area contributed by atoms with Crippen LogP contribution < -0.4 is 16.4 Å². The van der Waals surface area contributed by atoms with E-state index < -0.39 is 6.03 Å². The molecule has 7 nitrogen and oxygen atoms in total. The predicted octanol–water partition coefficient (Wildman–Crippen LogP) is 2.60. The monoisotopic (exact) mass is 349 g/mol. The summed E-state index contributed by atoms with van der Waals surface area (Å²) < 4.78 is 1.74. The van der Waals surface area contributed by atoms with E-state index in [2.05, 4.69) is 15.7 Å². The van der Waals surface area contributed by atoms with E-state index in [1.807, 2.05) is 49.4 Å². The fourth-order valence-corrected chi connectivity index (χ4v) is 2.59. The molecule has 0 aliphatic carbocycles. The van der Waals surface area contributed by atoms with Gasteiger partial charge in [-0.3, -0.25) is 4.79 Å². The maximum Gasteiger partial charge on any atom is 0.316 e. The van der Waals surface area contributed by atoms with Crippen LogP contribution in [0.5, 0.6) is 0 Å². The Labute approximate surface area is 150 Å². The molecule has 3 aromatic rings. The number of aromatic nitrogens is 2. The molecule has 0 spiro atoms. The second kappa shape index (κ2) is 7.52. The summed E-state index contributed by atoms with van der Waals surface area (Å²) in [7, 11) is 0. The molecule has 0 fully saturated rings. The molecule has 0 atom stereocenters. The molecular formula is C19H19N5O2. The Hall–Kier alpha value is -3.61. The average molecular weight is 349 g/mol. The number of benzene rings is 2. The van der Waals surface area contributed by atoms with E-state index in [0.717, 1.165) is 16.9 Å². The molecule has 0 saturated heterocycles. The van der Waals surface area contributed by atoms with Crippen molar-refractivity contribution in [3.05, 3.63) is 77.6 Å². The highest BCUT2D eigenvalue weighted by Crippen LogP contribution is 2.14. The van der Waals surface area contributed by atoms with Crippen LogP contribution in [0, 0.1) is 6.92 Å². The van der Waals surface area contributed by atoms with E-state index in [-0.39, 0.29) is 5.91 Å². The Kier molecular flexibility index (Phi) is 4.98. The van der Waals surface area contributed by atoms with Crippen molar-refractivity contribution in [2.75, 3.05) is 5.32 Å². The van der Waals surface area contributed by atoms with Gasteiger partial charge in [-0.05, 0) is 36.8 Å². The normalized spacial score (nSPS) is 10.3. The van der Waals surface area contributed by atoms with E-state index in [1.165, 1.54) is 0 Å². The molecule has 26 heavy (non-hydrogen) atoms. The standard InChI is InChI=1S/C19H19N5O2/c1-13-17(12-22-24(13)16-5-3-2-4-6-16)18(25)21-11-14-7-9-15(10-8-14)23-19(20)26/h2-10,12H,11H2,1H3,(H,21,25)(H3,20,23,26). The van der Waals surface area contributed by atoms with Gasteiger partial charge in [-0.25, -0.2) is 9.48 Å². The van der Waals surface area contributed by atoms with Gasteiger partial charge in [0.1, 0.15) is 0 Å². The summed E-state index contributed by atoms with van der Waals surface area (Å²) in [5.74, 6) is -0.191. The van der Waals surface area contributed by atoms with Crippen LogP contribution in [-0.4, -0.2) is 21.7 Å². The highest BCUT2D eigenvalue weighted by atomic mass is 16.2. The Morgan fingerprint density at radius 3 is 2.42 bits per heavy atom. The van der Waals surface area contributed by atoms with Crippen molar-refractivity contribution in [1.82, 2.24) is 15.1 Å². The lowest BCUT2D eigenvalue weighted by atomic mass is 10.2. The summed E-state index contributed by atoms with van der Waals surface area (Å²) in [4.78, 5) is 23.3. The van der Waals surface area contributed by atoms with Gasteiger partial charge in [0.05, 0.1) is 23.1 Å². The number of primary amides is 1. The van der Waals surface area contributed by atoms with Gasteiger partial charge in [0.15, 0.2) is 0 Å². The second-order valence-corrected chi connectivity index (χ2v) is 5.76. The molecule has 3 rings (SSSR count). The Bertz CT molecular complexity index is 917. The number of anilines is 1. The molecule has 1 aromatic heterocycles. The molecule has 4 N–H and O–H groups in total. The van der Waals surface area contributed by atoms with Gasteiger partial charge in [-0.15, -0.1) is 0 Å². The van der Waals surface area contributed by atoms with Crippen molar-refractivity contribution in [3.63, 3.8) is 0 Å². The Balaban J connectivity index is 1.65. The third kappa shape index (κ3) is 3.89. The third-order valence-corrected chi connectivity index (χ3v) is 3.93. The molecule has 2 aromatic carbocycles. The molecule has 0 bridgehead atoms. The fraction of sp³-hybridized carbons (Fsp3) is 0.105. The fourth-order valence-electron chi connectivity index (χ4n) is 2.59. The lowest BCUT2D eigenvalue weighted by Crippen LogP contribution is -2.23. The largest absolute Gasteiger partial charge is 0.351 e. The number of hydrogen-bond donors (Lipinski definition) is 3. The summed E-state index contributed by atoms with van der Waals surface area (Å²) in [6, 6.07) is 16.1. The van der Waals surface area contributed by atoms with Gasteiger partial charge in [0.2, 0.25) is 0 Å². The minimum atomic E-state index is -0.614. The number of hydrogen-bond acceptors (Lipinski definition) is 3. The molecule has 0 saturated carbocycles. The van der Waals surface area contributed by atoms with Crippen molar-refractivity contribution in [3.8, 4) is 5.69 Å². The zero-order chi connectivity index (χ0) is 18.5. The van der Waals surface area contributed by atoms with Gasteiger partial charge in [0, 0.05) is 12.2 Å². The van der Waals surface area contributed by atoms with Crippen molar-refractivity contribution < 1.29 is 9.59 Å². The van der Waals surface area contributed by atoms with Crippen LogP contribution in [-0.2, 0) is 6.54 Å². The molecule has 132 valence electrons. The molecule has 1 heterocycles. The molecule has 3 amide bonds. The quantitative estimate of drug-likeness (QED) is 0.660. The van der Waals surface area contributed by atoms with Crippen LogP contribution in [0.15, 0.2) is 60.8 Å². The van der Waals surface area contributed by atoms with Crippen molar-refractivity contribution in [2.24, 2.45) is 5.73 Å². The van der Waals surface area contributed by atoms with Crippen LogP contribution >= 0.6 is 0 Å². The first kappa shape index (κ1) is 17.2. The number of urea groups is 1. The number of nitrogens with zero attached hydrogens (tertiary/aromatic N) is 2. The number of rotatable bonds is 5. The number of nitrogens with one attached hydrogen (secondary N) is 2. The van der Waals surface area contributed by atoms with Gasteiger partial charge in [-0.1, -0.05) is 30.3 Å². The minimum absolute atomic E-state index is 0.191. The van der Waals surface area contributed by atoms with E-state index in [9.17, 15) is 9.59 Å². The van der Waals surface area contributed by atoms with Gasteiger partial charge in [0.25, 0.3) is 5.91 Å². The first-order chi connectivity index (χ1) is 12.5. The number of carbonyl (C=O) groups is 2. The van der Waals surface area contributed by atoms with Crippen molar-refractivity contribution in [1.29, 1.82) is 0 Å². The van der Waals surface area contributed by atoms with Gasteiger partial charge in [-0.2, -0.15) is 5.10 Å². The van der Waals surface area contributed by atoms with Crippen LogP contribution in [0.4, 0.5) is 10.5 Å². The maximum absolute atomic E-state index is 12.5. The van der Waals surface area contributed by atoms with E-state index in [1.54, 1.807) is 23.0 Å². The number of para-hydroxylation sites is 1. The lowest BCUT2D eigenvalue weighted by Gasteiger charge is -2.07. The van der Waals surface area contributed by atoms with Crippen LogP contribution in [0.1, 0.15) is 21.6 Å². The minimum Gasteiger partial charge on any atom is -0.351 e. The van der Waals surface area contributed by atoms with Crippen LogP contribution in [0.2, 0.25) is 0 Å². The van der Waals surface area contributed by atoms with E-state index in [0.29, 0.717) is 17.8 Å². The molecule has 0 aliphatic heterocycles. The smallest absolute Gasteiger partial charge is 0.316 e. The first-order valence-corrected chi connectivity index (χ1v) is 8.08. The summed E-state index contributed by atoms with van der Waals surface area (Å²) in [5, 5.41) is 9.67. The SMILES string of the molecule is Cc1c(C(=O)NCc2ccc(NC(N)=O)cc2)cnn1-c1ccccc1. The van der Waals surface area contributed by atoms with Crippen LogP contribution in [0.3, 0.4) is 0 Å². The highest BCUT2D eigenvalue weighted by Gasteiger charge is 2.14. The predicted molar refractivity (Wildman–Crippen MR) is 99.1 cm³/mol. The van der Waals surface area contributed by atoms with Gasteiger partial charge < -0.3 is 16.4 Å². The number of nitrogens with two attached hydrogens (primary N) is 1. The second-order valence-electron chi connectivity index (χ2n) is 5.76. The van der Waals surface area contributed by atoms with Crippen molar-refractivity contribution in [2.45, 2.75) is 13.5 Å². The molecular weight excluding hydrogens is 330 g/mol. The summed E-state index contributed by atoms with van der Waals surface area (Å²) in [5.41, 5.74) is 8.78. The summed E-state index contributed by atoms with van der Waals surface area (Å²) in [6.07, 6.45) is 1.57. The summed E-state index contributed by atoms with van der Waals surface area (Å²) >= 11 is 0. The third-order valence-electron chi connectivity index (χ3n) is 3.93. The number of amides is 3. The lowest BCUT2D eigenvalue weighted by molar-refractivity contribution is 0.0950. The number of carbonyl (C=O) groups excluding carboxylic acids is 2. The molecule has 0 radical (unpaired) electrons. The zero-order valence-corrected chi connectivity index (χ0v) is 14.3. The Morgan fingerprint density at radius 2 is 1.77 bits per heavy atom. The first-order valence-electron chi connectivity index (χ1n) is 8.08. The molecule has 7 heteroatoms. The molecule has 0 aliphatic rings. The van der Waals surface area contributed by atoms with E-state index >= 15 is 0 Å². The summed E-state index contributed by atoms with van der Waals surface area (Å²) in [6.45, 7) is 2.23. The van der Waals surface area contributed by atoms with Crippen LogP contribution in [0.25, 0.3) is 5.69 Å². The Morgan fingerprint density at radius 1 is 1.08 bits per heavy atom. The topological polar surface area (TPSA) is 102 Å². The van der Waals surface area contributed by atoms with E-state index in [4.69, 9.17) is 5.73 Å². The highest BCUT2D eigenvalue weighted by molar-refractivity contribution is 5.95. The van der Waals surface area contributed by atoms with Crippen molar-refractivity contribution >= 4 is 17.6 Å². The molecule has 0 unspecified atom stereocenters. The zero-order valence-electron chi connectivity index (χ0n) is 14.3.